The number of benzene rings is 3. The van der Waals surface area contributed by atoms with Gasteiger partial charge in [0, 0.05) is 22.1 Å². The molecule has 0 bridgehead atoms. The van der Waals surface area contributed by atoms with Gasteiger partial charge in [0.25, 0.3) is 10.0 Å². The van der Waals surface area contributed by atoms with Gasteiger partial charge in [0.05, 0.1) is 15.6 Å². The summed E-state index contributed by atoms with van der Waals surface area (Å²) in [5, 5.41) is 3.77. The Morgan fingerprint density at radius 2 is 1.49 bits per heavy atom. The standard InChI is InChI=1S/C28H30Cl3N3O4S/c1-19(27(36)32-28(2,3)4)33(17-20-10-12-21(29)13-11-20)26(35)18-34(25-15-14-22(30)16-24(25)31)39(37,38)23-8-6-5-7-9-23/h5-16,19H,17-18H2,1-4H3,(H,32,36)/t19-/m1/s1. The first-order valence-corrected chi connectivity index (χ1v) is 14.7. The van der Waals surface area contributed by atoms with Crippen LogP contribution in [0.5, 0.6) is 0 Å². The zero-order valence-corrected chi connectivity index (χ0v) is 25.1. The van der Waals surface area contributed by atoms with Gasteiger partial charge in [-0.2, -0.15) is 0 Å². The molecule has 0 unspecified atom stereocenters. The number of rotatable bonds is 9. The predicted octanol–water partition coefficient (Wildman–Crippen LogP) is 6.17. The van der Waals surface area contributed by atoms with Gasteiger partial charge in [-0.25, -0.2) is 8.42 Å². The van der Waals surface area contributed by atoms with Crippen molar-refractivity contribution in [2.24, 2.45) is 0 Å². The van der Waals surface area contributed by atoms with Crippen molar-refractivity contribution < 1.29 is 18.0 Å². The van der Waals surface area contributed by atoms with E-state index in [0.717, 1.165) is 4.31 Å². The molecule has 0 spiro atoms. The van der Waals surface area contributed by atoms with Crippen molar-refractivity contribution >= 4 is 62.3 Å². The molecular formula is C28H30Cl3N3O4S. The van der Waals surface area contributed by atoms with E-state index in [1.165, 1.54) is 35.2 Å². The van der Waals surface area contributed by atoms with E-state index in [2.05, 4.69) is 5.32 Å². The lowest BCUT2D eigenvalue weighted by Crippen LogP contribution is -2.54. The van der Waals surface area contributed by atoms with Gasteiger partial charge in [0.2, 0.25) is 11.8 Å². The lowest BCUT2D eigenvalue weighted by atomic mass is 10.1. The molecule has 0 fully saturated rings. The Morgan fingerprint density at radius 3 is 2.05 bits per heavy atom. The van der Waals surface area contributed by atoms with Gasteiger partial charge in [0.1, 0.15) is 12.6 Å². The summed E-state index contributed by atoms with van der Waals surface area (Å²) in [7, 11) is -4.23. The zero-order chi connectivity index (χ0) is 29.0. The van der Waals surface area contributed by atoms with Crippen LogP contribution in [0.15, 0.2) is 77.7 Å². The summed E-state index contributed by atoms with van der Waals surface area (Å²) in [5.74, 6) is -0.987. The Bertz CT molecular complexity index is 1430. The van der Waals surface area contributed by atoms with Crippen LogP contribution in [0.4, 0.5) is 5.69 Å². The molecule has 0 aliphatic carbocycles. The fraction of sp³-hybridized carbons (Fsp3) is 0.286. The first-order valence-electron chi connectivity index (χ1n) is 12.1. The molecule has 208 valence electrons. The van der Waals surface area contributed by atoms with Crippen LogP contribution in [0.3, 0.4) is 0 Å². The maximum absolute atomic E-state index is 13.9. The van der Waals surface area contributed by atoms with Crippen molar-refractivity contribution in [3.63, 3.8) is 0 Å². The molecule has 1 atom stereocenters. The van der Waals surface area contributed by atoms with Gasteiger partial charge >= 0.3 is 0 Å². The Labute approximate surface area is 244 Å². The van der Waals surface area contributed by atoms with E-state index in [0.29, 0.717) is 15.6 Å². The van der Waals surface area contributed by atoms with Gasteiger partial charge in [-0.05, 0) is 75.7 Å². The van der Waals surface area contributed by atoms with E-state index in [9.17, 15) is 18.0 Å². The Hall–Kier alpha value is -2.78. The summed E-state index contributed by atoms with van der Waals surface area (Å²) in [4.78, 5) is 28.3. The summed E-state index contributed by atoms with van der Waals surface area (Å²) in [6.45, 7) is 6.53. The van der Waals surface area contributed by atoms with E-state index in [1.807, 2.05) is 20.8 Å². The first kappa shape index (κ1) is 30.8. The number of halogens is 3. The Kier molecular flexibility index (Phi) is 9.93. The van der Waals surface area contributed by atoms with Gasteiger partial charge in [-0.15, -0.1) is 0 Å². The number of hydrogen-bond acceptors (Lipinski definition) is 4. The lowest BCUT2D eigenvalue weighted by Gasteiger charge is -2.33. The van der Waals surface area contributed by atoms with E-state index >= 15 is 0 Å². The highest BCUT2D eigenvalue weighted by molar-refractivity contribution is 7.92. The van der Waals surface area contributed by atoms with Crippen LogP contribution in [0.25, 0.3) is 0 Å². The summed E-state index contributed by atoms with van der Waals surface area (Å²) in [6, 6.07) is 18.0. The van der Waals surface area contributed by atoms with Crippen LogP contribution in [-0.2, 0) is 26.2 Å². The average Bonchev–Trinajstić information content (AvgIpc) is 2.86. The molecule has 39 heavy (non-hydrogen) atoms. The summed E-state index contributed by atoms with van der Waals surface area (Å²) in [5.41, 5.74) is 0.251. The molecule has 0 aliphatic rings. The maximum atomic E-state index is 13.9. The van der Waals surface area contributed by atoms with Crippen molar-refractivity contribution in [2.75, 3.05) is 10.8 Å². The van der Waals surface area contributed by atoms with Crippen molar-refractivity contribution in [1.82, 2.24) is 10.2 Å². The number of hydrogen-bond donors (Lipinski definition) is 1. The zero-order valence-electron chi connectivity index (χ0n) is 22.0. The number of sulfonamides is 1. The molecule has 0 saturated carbocycles. The first-order chi connectivity index (χ1) is 18.2. The molecule has 0 radical (unpaired) electrons. The van der Waals surface area contributed by atoms with Crippen LogP contribution in [0, 0.1) is 0 Å². The van der Waals surface area contributed by atoms with E-state index < -0.39 is 34.1 Å². The molecule has 0 aromatic heterocycles. The normalized spacial score (nSPS) is 12.5. The highest BCUT2D eigenvalue weighted by Gasteiger charge is 2.34. The maximum Gasteiger partial charge on any atom is 0.264 e. The monoisotopic (exact) mass is 609 g/mol. The van der Waals surface area contributed by atoms with Crippen LogP contribution < -0.4 is 9.62 Å². The Morgan fingerprint density at radius 1 is 0.897 bits per heavy atom. The highest BCUT2D eigenvalue weighted by Crippen LogP contribution is 2.33. The second kappa shape index (κ2) is 12.6. The van der Waals surface area contributed by atoms with Crippen molar-refractivity contribution in [3.8, 4) is 0 Å². The summed E-state index contributed by atoms with van der Waals surface area (Å²) in [6.07, 6.45) is 0. The number of amides is 2. The van der Waals surface area contributed by atoms with Crippen molar-refractivity contribution in [1.29, 1.82) is 0 Å². The fourth-order valence-electron chi connectivity index (χ4n) is 3.76. The largest absolute Gasteiger partial charge is 0.350 e. The van der Waals surface area contributed by atoms with Crippen molar-refractivity contribution in [3.05, 3.63) is 93.4 Å². The van der Waals surface area contributed by atoms with Gasteiger partial charge in [-0.3, -0.25) is 13.9 Å². The Balaban J connectivity index is 2.05. The lowest BCUT2D eigenvalue weighted by molar-refractivity contribution is -0.140. The van der Waals surface area contributed by atoms with E-state index in [1.54, 1.807) is 49.4 Å². The van der Waals surface area contributed by atoms with Gasteiger partial charge in [0.15, 0.2) is 0 Å². The number of carbonyl (C=O) groups excluding carboxylic acids is 2. The summed E-state index contributed by atoms with van der Waals surface area (Å²) < 4.78 is 28.5. The van der Waals surface area contributed by atoms with Crippen molar-refractivity contribution in [2.45, 2.75) is 50.7 Å². The third kappa shape index (κ3) is 8.11. The molecule has 3 rings (SSSR count). The summed E-state index contributed by atoms with van der Waals surface area (Å²) >= 11 is 18.5. The third-order valence-electron chi connectivity index (χ3n) is 5.72. The molecular weight excluding hydrogens is 581 g/mol. The number of nitrogens with one attached hydrogen (secondary N) is 1. The second-order valence-corrected chi connectivity index (χ2v) is 13.1. The van der Waals surface area contributed by atoms with Gasteiger partial charge < -0.3 is 10.2 Å². The van der Waals surface area contributed by atoms with Gasteiger partial charge in [-0.1, -0.05) is 65.1 Å². The predicted molar refractivity (Wildman–Crippen MR) is 157 cm³/mol. The third-order valence-corrected chi connectivity index (χ3v) is 8.28. The number of nitrogens with zero attached hydrogens (tertiary/aromatic N) is 2. The molecule has 3 aromatic carbocycles. The molecule has 3 aromatic rings. The SMILES string of the molecule is C[C@H](C(=O)NC(C)(C)C)N(Cc1ccc(Cl)cc1)C(=O)CN(c1ccc(Cl)cc1Cl)S(=O)(=O)c1ccccc1. The van der Waals surface area contributed by atoms with Crippen LogP contribution >= 0.6 is 34.8 Å². The van der Waals surface area contributed by atoms with Crippen LogP contribution in [0.1, 0.15) is 33.3 Å². The average molecular weight is 611 g/mol. The molecule has 0 saturated heterocycles. The minimum atomic E-state index is -4.23. The molecule has 1 N–H and O–H groups in total. The minimum Gasteiger partial charge on any atom is -0.350 e. The van der Waals surface area contributed by atoms with E-state index in [4.69, 9.17) is 34.8 Å². The smallest absolute Gasteiger partial charge is 0.264 e. The number of carbonyl (C=O) groups is 2. The van der Waals surface area contributed by atoms with Crippen LogP contribution in [0.2, 0.25) is 15.1 Å². The second-order valence-electron chi connectivity index (χ2n) is 9.98. The quantitative estimate of drug-likeness (QED) is 0.314. The topological polar surface area (TPSA) is 86.8 Å². The molecule has 0 heterocycles. The number of anilines is 1. The molecule has 7 nitrogen and oxygen atoms in total. The van der Waals surface area contributed by atoms with E-state index in [-0.39, 0.29) is 28.1 Å². The molecule has 11 heteroatoms. The molecule has 0 aliphatic heterocycles. The minimum absolute atomic E-state index is 0.0217. The fourth-order valence-corrected chi connectivity index (χ4v) is 5.90. The molecule has 2 amide bonds. The van der Waals surface area contributed by atoms with Crippen LogP contribution in [-0.4, -0.2) is 43.3 Å². The highest BCUT2D eigenvalue weighted by atomic mass is 35.5.